The third-order valence-electron chi connectivity index (χ3n) is 2.79. The summed E-state index contributed by atoms with van der Waals surface area (Å²) in [4.78, 5) is 11.4. The molecule has 1 rings (SSSR count). The topological polar surface area (TPSA) is 41.1 Å². The highest BCUT2D eigenvalue weighted by Crippen LogP contribution is 2.34. The molecule has 0 radical (unpaired) electrons. The van der Waals surface area contributed by atoms with Crippen LogP contribution in [-0.4, -0.2) is 24.5 Å². The van der Waals surface area contributed by atoms with Crippen LogP contribution in [-0.2, 0) is 4.79 Å². The number of nitrogens with one attached hydrogen (secondary N) is 2. The smallest absolute Gasteiger partial charge is 0.236 e. The Morgan fingerprint density at radius 3 is 2.79 bits per heavy atom. The maximum absolute atomic E-state index is 11.4. The average molecular weight is 198 g/mol. The zero-order valence-electron chi connectivity index (χ0n) is 9.47. The lowest BCUT2D eigenvalue weighted by atomic mass is 10.2. The minimum Gasteiger partial charge on any atom is -0.355 e. The van der Waals surface area contributed by atoms with Crippen LogP contribution in [0.25, 0.3) is 0 Å². The highest BCUT2D eigenvalue weighted by molar-refractivity contribution is 5.81. The maximum Gasteiger partial charge on any atom is 0.236 e. The molecule has 0 spiro atoms. The molecule has 1 aliphatic carbocycles. The van der Waals surface area contributed by atoms with Gasteiger partial charge in [0.15, 0.2) is 0 Å². The zero-order valence-corrected chi connectivity index (χ0v) is 9.47. The lowest BCUT2D eigenvalue weighted by Gasteiger charge is -2.12. The van der Waals surface area contributed by atoms with Gasteiger partial charge >= 0.3 is 0 Å². The Hall–Kier alpha value is -0.570. The van der Waals surface area contributed by atoms with Gasteiger partial charge < -0.3 is 10.6 Å². The normalized spacial score (nSPS) is 27.1. The van der Waals surface area contributed by atoms with Crippen molar-refractivity contribution in [3.05, 3.63) is 0 Å². The number of hydrogen-bond acceptors (Lipinski definition) is 2. The second kappa shape index (κ2) is 5.35. The van der Waals surface area contributed by atoms with E-state index in [0.717, 1.165) is 5.92 Å². The summed E-state index contributed by atoms with van der Waals surface area (Å²) in [5, 5.41) is 6.19. The molecule has 0 saturated heterocycles. The number of carbonyl (C=O) groups is 1. The van der Waals surface area contributed by atoms with Crippen LogP contribution in [0.2, 0.25) is 0 Å². The summed E-state index contributed by atoms with van der Waals surface area (Å²) in [6.07, 6.45) is 3.79. The van der Waals surface area contributed by atoms with Crippen molar-refractivity contribution in [3.8, 4) is 0 Å². The SMILES string of the molecule is CCCC1CC1NC(C)C(=O)NCC. The van der Waals surface area contributed by atoms with Crippen LogP contribution >= 0.6 is 0 Å². The summed E-state index contributed by atoms with van der Waals surface area (Å²) in [7, 11) is 0. The predicted octanol–water partition coefficient (Wildman–Crippen LogP) is 1.29. The average Bonchev–Trinajstić information content (AvgIpc) is 2.84. The van der Waals surface area contributed by atoms with Crippen LogP contribution in [0, 0.1) is 5.92 Å². The van der Waals surface area contributed by atoms with Gasteiger partial charge in [0.2, 0.25) is 5.91 Å². The van der Waals surface area contributed by atoms with Gasteiger partial charge in [0.05, 0.1) is 6.04 Å². The predicted molar refractivity (Wildman–Crippen MR) is 58.1 cm³/mol. The molecular weight excluding hydrogens is 176 g/mol. The van der Waals surface area contributed by atoms with Crippen molar-refractivity contribution in [3.63, 3.8) is 0 Å². The van der Waals surface area contributed by atoms with Crippen LogP contribution in [0.1, 0.15) is 40.0 Å². The molecule has 0 aromatic carbocycles. The lowest BCUT2D eigenvalue weighted by molar-refractivity contribution is -0.122. The monoisotopic (exact) mass is 198 g/mol. The molecule has 1 aliphatic rings. The molecule has 0 aromatic heterocycles. The molecule has 1 amide bonds. The second-order valence-electron chi connectivity index (χ2n) is 4.17. The van der Waals surface area contributed by atoms with Gasteiger partial charge in [-0.15, -0.1) is 0 Å². The Balaban J connectivity index is 2.16. The maximum atomic E-state index is 11.4. The molecule has 0 bridgehead atoms. The fraction of sp³-hybridized carbons (Fsp3) is 0.909. The van der Waals surface area contributed by atoms with E-state index in [1.807, 2.05) is 13.8 Å². The number of likely N-dealkylation sites (N-methyl/N-ethyl adjacent to an activating group) is 1. The van der Waals surface area contributed by atoms with Gasteiger partial charge in [-0.1, -0.05) is 13.3 Å². The molecule has 1 fully saturated rings. The number of amides is 1. The van der Waals surface area contributed by atoms with E-state index >= 15 is 0 Å². The van der Waals surface area contributed by atoms with E-state index in [2.05, 4.69) is 17.6 Å². The Labute approximate surface area is 86.6 Å². The number of hydrogen-bond donors (Lipinski definition) is 2. The van der Waals surface area contributed by atoms with Gasteiger partial charge in [-0.3, -0.25) is 4.79 Å². The van der Waals surface area contributed by atoms with Gasteiger partial charge in [0.25, 0.3) is 0 Å². The second-order valence-corrected chi connectivity index (χ2v) is 4.17. The molecule has 82 valence electrons. The number of rotatable bonds is 6. The van der Waals surface area contributed by atoms with Crippen LogP contribution in [0.3, 0.4) is 0 Å². The first-order chi connectivity index (χ1) is 6.69. The van der Waals surface area contributed by atoms with E-state index < -0.39 is 0 Å². The largest absolute Gasteiger partial charge is 0.355 e. The third-order valence-corrected chi connectivity index (χ3v) is 2.79. The fourth-order valence-electron chi connectivity index (χ4n) is 1.87. The summed E-state index contributed by atoms with van der Waals surface area (Å²) in [6, 6.07) is 0.550. The lowest BCUT2D eigenvalue weighted by Crippen LogP contribution is -2.43. The van der Waals surface area contributed by atoms with Crippen molar-refractivity contribution in [2.75, 3.05) is 6.54 Å². The first-order valence-electron chi connectivity index (χ1n) is 5.72. The van der Waals surface area contributed by atoms with E-state index in [1.165, 1.54) is 19.3 Å². The van der Waals surface area contributed by atoms with Gasteiger partial charge in [-0.25, -0.2) is 0 Å². The Kier molecular flexibility index (Phi) is 4.39. The van der Waals surface area contributed by atoms with Gasteiger partial charge in [-0.2, -0.15) is 0 Å². The van der Waals surface area contributed by atoms with Gasteiger partial charge in [-0.05, 0) is 32.6 Å². The van der Waals surface area contributed by atoms with Crippen LogP contribution < -0.4 is 10.6 Å². The summed E-state index contributed by atoms with van der Waals surface area (Å²) in [5.74, 6) is 0.937. The molecule has 1 saturated carbocycles. The van der Waals surface area contributed by atoms with Crippen molar-refractivity contribution in [1.82, 2.24) is 10.6 Å². The summed E-state index contributed by atoms with van der Waals surface area (Å²) in [5.41, 5.74) is 0. The first-order valence-corrected chi connectivity index (χ1v) is 5.72. The van der Waals surface area contributed by atoms with Crippen molar-refractivity contribution in [2.45, 2.75) is 52.1 Å². The molecule has 2 N–H and O–H groups in total. The number of carbonyl (C=O) groups excluding carboxylic acids is 1. The molecule has 3 unspecified atom stereocenters. The molecular formula is C11H22N2O. The van der Waals surface area contributed by atoms with E-state index in [-0.39, 0.29) is 11.9 Å². The first kappa shape index (κ1) is 11.5. The van der Waals surface area contributed by atoms with E-state index in [0.29, 0.717) is 12.6 Å². The molecule has 0 heterocycles. The molecule has 3 nitrogen and oxygen atoms in total. The standard InChI is InChI=1S/C11H22N2O/c1-4-6-9-7-10(9)13-8(3)11(14)12-5-2/h8-10,13H,4-7H2,1-3H3,(H,12,14). The molecule has 14 heavy (non-hydrogen) atoms. The van der Waals surface area contributed by atoms with Crippen LogP contribution in [0.4, 0.5) is 0 Å². The molecule has 3 heteroatoms. The van der Waals surface area contributed by atoms with E-state index in [4.69, 9.17) is 0 Å². The van der Waals surface area contributed by atoms with Crippen molar-refractivity contribution in [1.29, 1.82) is 0 Å². The minimum absolute atomic E-state index is 0.0400. The highest BCUT2D eigenvalue weighted by atomic mass is 16.2. The van der Waals surface area contributed by atoms with Crippen LogP contribution in [0.5, 0.6) is 0 Å². The van der Waals surface area contributed by atoms with Crippen LogP contribution in [0.15, 0.2) is 0 Å². The Bertz CT molecular complexity index is 194. The van der Waals surface area contributed by atoms with Gasteiger partial charge in [0.1, 0.15) is 0 Å². The van der Waals surface area contributed by atoms with E-state index in [9.17, 15) is 4.79 Å². The fourth-order valence-corrected chi connectivity index (χ4v) is 1.87. The van der Waals surface area contributed by atoms with Crippen molar-refractivity contribution < 1.29 is 4.79 Å². The summed E-state index contributed by atoms with van der Waals surface area (Å²) < 4.78 is 0. The molecule has 3 atom stereocenters. The summed E-state index contributed by atoms with van der Waals surface area (Å²) >= 11 is 0. The highest BCUT2D eigenvalue weighted by Gasteiger charge is 2.37. The van der Waals surface area contributed by atoms with Gasteiger partial charge in [0, 0.05) is 12.6 Å². The quantitative estimate of drug-likeness (QED) is 0.675. The Morgan fingerprint density at radius 2 is 2.21 bits per heavy atom. The Morgan fingerprint density at radius 1 is 1.50 bits per heavy atom. The minimum atomic E-state index is -0.0400. The summed E-state index contributed by atoms with van der Waals surface area (Å²) in [6.45, 7) is 6.81. The van der Waals surface area contributed by atoms with Crippen molar-refractivity contribution in [2.24, 2.45) is 5.92 Å². The molecule has 0 aliphatic heterocycles. The zero-order chi connectivity index (χ0) is 10.6. The third kappa shape index (κ3) is 3.29. The van der Waals surface area contributed by atoms with E-state index in [1.54, 1.807) is 0 Å². The molecule has 0 aromatic rings. The van der Waals surface area contributed by atoms with Crippen molar-refractivity contribution >= 4 is 5.91 Å².